The molecule has 1 aliphatic carbocycles. The summed E-state index contributed by atoms with van der Waals surface area (Å²) in [6.45, 7) is 0. The van der Waals surface area contributed by atoms with Crippen molar-refractivity contribution in [3.63, 3.8) is 0 Å². The molecule has 1 aromatic rings. The Morgan fingerprint density at radius 3 is 2.69 bits per heavy atom. The molecule has 1 unspecified atom stereocenters. The number of nitrogens with zero attached hydrogens (tertiary/aromatic N) is 1. The lowest BCUT2D eigenvalue weighted by Crippen LogP contribution is -1.96. The van der Waals surface area contributed by atoms with Crippen molar-refractivity contribution in [2.24, 2.45) is 5.92 Å². The molecule has 6 heteroatoms. The monoisotopic (exact) mass is 261 g/mol. The Bertz CT molecular complexity index is 448. The second kappa shape index (κ2) is 3.79. The van der Waals surface area contributed by atoms with Crippen LogP contribution in [0.2, 0.25) is 0 Å². The van der Waals surface area contributed by atoms with E-state index in [1.165, 1.54) is 12.1 Å². The van der Waals surface area contributed by atoms with Gasteiger partial charge in [0.25, 0.3) is 0 Å². The molecule has 1 fully saturated rings. The number of aromatic hydroxyl groups is 1. The summed E-state index contributed by atoms with van der Waals surface area (Å²) < 4.78 is -0.688. The van der Waals surface area contributed by atoms with E-state index in [1.54, 1.807) is 6.07 Å². The lowest BCUT2D eigenvalue weighted by Gasteiger charge is -2.02. The average Bonchev–Trinajstić information content (AvgIpc) is 2.76. The zero-order valence-corrected chi connectivity index (χ0v) is 9.70. The number of benzene rings is 1. The van der Waals surface area contributed by atoms with Gasteiger partial charge in [-0.25, -0.2) is 0 Å². The third-order valence-corrected chi connectivity index (χ3v) is 3.60. The molecular formula is C10H9Cl2NO3. The summed E-state index contributed by atoms with van der Waals surface area (Å²) in [4.78, 5) is 9.99. The average molecular weight is 262 g/mol. The highest BCUT2D eigenvalue weighted by Crippen LogP contribution is 2.54. The highest BCUT2D eigenvalue weighted by molar-refractivity contribution is 6.50. The number of halogens is 2. The van der Waals surface area contributed by atoms with Crippen molar-refractivity contribution >= 4 is 28.9 Å². The summed E-state index contributed by atoms with van der Waals surface area (Å²) in [5.74, 6) is -0.187. The molecule has 0 aromatic heterocycles. The molecule has 86 valence electrons. The normalized spacial score (nSPS) is 21.8. The van der Waals surface area contributed by atoms with Crippen LogP contribution in [0.4, 0.5) is 5.69 Å². The maximum atomic E-state index is 10.6. The van der Waals surface area contributed by atoms with Crippen LogP contribution in [-0.4, -0.2) is 14.4 Å². The van der Waals surface area contributed by atoms with E-state index in [4.69, 9.17) is 23.2 Å². The van der Waals surface area contributed by atoms with Crippen LogP contribution in [0.1, 0.15) is 12.0 Å². The molecule has 2 rings (SSSR count). The number of hydrogen-bond acceptors (Lipinski definition) is 3. The molecular weight excluding hydrogens is 253 g/mol. The van der Waals surface area contributed by atoms with E-state index >= 15 is 0 Å². The van der Waals surface area contributed by atoms with Gasteiger partial charge in [-0.05, 0) is 30.4 Å². The van der Waals surface area contributed by atoms with E-state index < -0.39 is 9.26 Å². The van der Waals surface area contributed by atoms with Gasteiger partial charge in [0.05, 0.1) is 4.92 Å². The van der Waals surface area contributed by atoms with Crippen molar-refractivity contribution in [2.45, 2.75) is 17.2 Å². The summed E-state index contributed by atoms with van der Waals surface area (Å²) in [6, 6.07) is 4.32. The fraction of sp³-hybridized carbons (Fsp3) is 0.400. The quantitative estimate of drug-likeness (QED) is 0.517. The molecule has 0 bridgehead atoms. The number of alkyl halides is 2. The van der Waals surface area contributed by atoms with Gasteiger partial charge < -0.3 is 5.11 Å². The van der Waals surface area contributed by atoms with Gasteiger partial charge in [0.1, 0.15) is 4.33 Å². The first-order valence-corrected chi connectivity index (χ1v) is 5.50. The molecule has 4 nitrogen and oxygen atoms in total. The van der Waals surface area contributed by atoms with Crippen molar-refractivity contribution < 1.29 is 10.0 Å². The molecule has 1 aliphatic rings. The van der Waals surface area contributed by atoms with Crippen LogP contribution in [0.25, 0.3) is 0 Å². The highest BCUT2D eigenvalue weighted by atomic mass is 35.5. The Hall–Kier alpha value is -1.00. The van der Waals surface area contributed by atoms with Crippen LogP contribution in [0.3, 0.4) is 0 Å². The van der Waals surface area contributed by atoms with Gasteiger partial charge in [-0.1, -0.05) is 6.07 Å². The molecule has 16 heavy (non-hydrogen) atoms. The van der Waals surface area contributed by atoms with Crippen LogP contribution in [0.15, 0.2) is 18.2 Å². The second-order valence-electron chi connectivity index (χ2n) is 3.95. The zero-order valence-electron chi connectivity index (χ0n) is 8.19. The minimum absolute atomic E-state index is 0.139. The fourth-order valence-electron chi connectivity index (χ4n) is 1.62. The standard InChI is InChI=1S/C10H9Cl2NO3/c11-10(12)5-7(10)3-6-1-2-9(14)8(4-6)13(15)16/h1-2,4,7,14H,3,5H2. The number of nitro benzene ring substituents is 1. The fourth-order valence-corrected chi connectivity index (χ4v) is 2.14. The second-order valence-corrected chi connectivity index (χ2v) is 5.49. The summed E-state index contributed by atoms with van der Waals surface area (Å²) in [7, 11) is 0. The molecule has 0 heterocycles. The number of phenols is 1. The molecule has 1 aromatic carbocycles. The van der Waals surface area contributed by atoms with Gasteiger partial charge >= 0.3 is 5.69 Å². The van der Waals surface area contributed by atoms with Crippen LogP contribution in [-0.2, 0) is 6.42 Å². The van der Waals surface area contributed by atoms with Gasteiger partial charge in [0.15, 0.2) is 5.75 Å². The maximum Gasteiger partial charge on any atom is 0.310 e. The molecule has 0 saturated heterocycles. The molecule has 0 spiro atoms. The SMILES string of the molecule is O=[N+]([O-])c1cc(CC2CC2(Cl)Cl)ccc1O. The summed E-state index contributed by atoms with van der Waals surface area (Å²) in [5.41, 5.74) is 0.477. The van der Waals surface area contributed by atoms with Crippen molar-refractivity contribution in [2.75, 3.05) is 0 Å². The summed E-state index contributed by atoms with van der Waals surface area (Å²) in [5, 5.41) is 19.9. The van der Waals surface area contributed by atoms with E-state index in [-0.39, 0.29) is 17.4 Å². The number of rotatable bonds is 3. The van der Waals surface area contributed by atoms with Crippen LogP contribution in [0, 0.1) is 16.0 Å². The molecule has 0 radical (unpaired) electrons. The Balaban J connectivity index is 2.17. The first kappa shape index (κ1) is 11.5. The lowest BCUT2D eigenvalue weighted by atomic mass is 10.1. The third-order valence-electron chi connectivity index (χ3n) is 2.67. The smallest absolute Gasteiger partial charge is 0.310 e. The van der Waals surface area contributed by atoms with E-state index in [0.29, 0.717) is 12.8 Å². The zero-order chi connectivity index (χ0) is 11.9. The highest BCUT2D eigenvalue weighted by Gasteiger charge is 2.51. The Morgan fingerprint density at radius 2 is 2.19 bits per heavy atom. The summed E-state index contributed by atoms with van der Waals surface area (Å²) in [6.07, 6.45) is 1.29. The first-order chi connectivity index (χ1) is 7.40. The Labute approximate surface area is 102 Å². The first-order valence-electron chi connectivity index (χ1n) is 4.74. The Kier molecular flexibility index (Phi) is 2.72. The van der Waals surface area contributed by atoms with E-state index in [0.717, 1.165) is 5.56 Å². The summed E-state index contributed by atoms with van der Waals surface area (Å²) >= 11 is 11.7. The maximum absolute atomic E-state index is 10.6. The van der Waals surface area contributed by atoms with Gasteiger partial charge in [-0.2, -0.15) is 0 Å². The van der Waals surface area contributed by atoms with Crippen molar-refractivity contribution in [1.29, 1.82) is 0 Å². The predicted molar refractivity (Wildman–Crippen MR) is 61.0 cm³/mol. The van der Waals surface area contributed by atoms with E-state index in [9.17, 15) is 15.2 Å². The molecule has 1 N–H and O–H groups in total. The number of phenolic OH excluding ortho intramolecular Hbond substituents is 1. The van der Waals surface area contributed by atoms with Gasteiger partial charge in [-0.15, -0.1) is 23.2 Å². The number of hydrogen-bond donors (Lipinski definition) is 1. The van der Waals surface area contributed by atoms with Gasteiger partial charge in [-0.3, -0.25) is 10.1 Å². The predicted octanol–water partition coefficient (Wildman–Crippen LogP) is 3.04. The number of nitro groups is 1. The van der Waals surface area contributed by atoms with E-state index in [1.807, 2.05) is 0 Å². The van der Waals surface area contributed by atoms with Gasteiger partial charge in [0.2, 0.25) is 0 Å². The van der Waals surface area contributed by atoms with Crippen molar-refractivity contribution in [3.05, 3.63) is 33.9 Å². The molecule has 1 saturated carbocycles. The van der Waals surface area contributed by atoms with Gasteiger partial charge in [0, 0.05) is 6.07 Å². The van der Waals surface area contributed by atoms with Crippen molar-refractivity contribution in [1.82, 2.24) is 0 Å². The third kappa shape index (κ3) is 2.23. The topological polar surface area (TPSA) is 63.4 Å². The lowest BCUT2D eigenvalue weighted by molar-refractivity contribution is -0.385. The van der Waals surface area contributed by atoms with Crippen LogP contribution >= 0.6 is 23.2 Å². The largest absolute Gasteiger partial charge is 0.502 e. The molecule has 0 amide bonds. The van der Waals surface area contributed by atoms with Crippen LogP contribution in [0.5, 0.6) is 5.75 Å². The Morgan fingerprint density at radius 1 is 1.56 bits per heavy atom. The molecule has 0 aliphatic heterocycles. The molecule has 1 atom stereocenters. The van der Waals surface area contributed by atoms with Crippen molar-refractivity contribution in [3.8, 4) is 5.75 Å². The van der Waals surface area contributed by atoms with E-state index in [2.05, 4.69) is 0 Å². The minimum Gasteiger partial charge on any atom is -0.502 e. The minimum atomic E-state index is -0.688. The van der Waals surface area contributed by atoms with Crippen LogP contribution < -0.4 is 0 Å².